The van der Waals surface area contributed by atoms with Gasteiger partial charge in [0.15, 0.2) is 7.38 Å². The minimum atomic E-state index is -1.69. The van der Waals surface area contributed by atoms with E-state index in [0.29, 0.717) is 16.1 Å². The van der Waals surface area contributed by atoms with Gasteiger partial charge in [-0.1, -0.05) is 61.3 Å². The summed E-state index contributed by atoms with van der Waals surface area (Å²) < 4.78 is 0. The van der Waals surface area contributed by atoms with Gasteiger partial charge in [-0.3, -0.25) is 0 Å². The van der Waals surface area contributed by atoms with Crippen molar-refractivity contribution in [1.29, 1.82) is 0 Å². The normalized spacial score (nSPS) is 19.5. The Morgan fingerprint density at radius 3 is 1.79 bits per heavy atom. The molecule has 0 saturated heterocycles. The van der Waals surface area contributed by atoms with Crippen molar-refractivity contribution >= 4 is 18.5 Å². The van der Waals surface area contributed by atoms with Crippen LogP contribution in [0.3, 0.4) is 0 Å². The van der Waals surface area contributed by atoms with Crippen LogP contribution in [-0.4, -0.2) is 7.38 Å². The highest BCUT2D eigenvalue weighted by Crippen LogP contribution is 2.55. The van der Waals surface area contributed by atoms with E-state index < -0.39 is 7.38 Å². The summed E-state index contributed by atoms with van der Waals surface area (Å²) >= 11 is 7.06. The lowest BCUT2D eigenvalue weighted by molar-refractivity contribution is 0.588. The SMILES string of the molecule is CCC(C)[Si](Cl)(C(C)C)C(C)(C)CC. The molecular weight excluding hydrogens is 208 g/mol. The first-order chi connectivity index (χ1) is 6.24. The molecule has 0 bridgehead atoms. The van der Waals surface area contributed by atoms with Gasteiger partial charge in [0.1, 0.15) is 0 Å². The van der Waals surface area contributed by atoms with Gasteiger partial charge in [-0.15, -0.1) is 0 Å². The van der Waals surface area contributed by atoms with Crippen LogP contribution in [0.2, 0.25) is 16.1 Å². The van der Waals surface area contributed by atoms with Gasteiger partial charge in [0, 0.05) is 0 Å². The predicted octanol–water partition coefficient (Wildman–Crippen LogP) is 5.57. The average molecular weight is 235 g/mol. The zero-order valence-electron chi connectivity index (χ0n) is 10.9. The molecule has 0 radical (unpaired) electrons. The van der Waals surface area contributed by atoms with Gasteiger partial charge < -0.3 is 0 Å². The third kappa shape index (κ3) is 2.36. The fourth-order valence-corrected chi connectivity index (χ4v) is 8.62. The van der Waals surface area contributed by atoms with E-state index in [1.54, 1.807) is 0 Å². The van der Waals surface area contributed by atoms with Crippen LogP contribution >= 0.6 is 11.1 Å². The molecule has 86 valence electrons. The second-order valence-electron chi connectivity index (χ2n) is 5.47. The Labute approximate surface area is 96.1 Å². The van der Waals surface area contributed by atoms with E-state index in [2.05, 4.69) is 48.5 Å². The van der Waals surface area contributed by atoms with Crippen molar-refractivity contribution < 1.29 is 0 Å². The standard InChI is InChI=1S/C12H27ClSi/c1-8-11(5)14(13,10(3)4)12(6,7)9-2/h10-11H,8-9H2,1-7H3. The molecule has 0 aliphatic heterocycles. The average Bonchev–Trinajstić information content (AvgIpc) is 2.14. The molecule has 0 aromatic rings. The summed E-state index contributed by atoms with van der Waals surface area (Å²) in [4.78, 5) is 0. The third-order valence-electron chi connectivity index (χ3n) is 4.09. The van der Waals surface area contributed by atoms with Crippen LogP contribution in [-0.2, 0) is 0 Å². The molecule has 0 N–H and O–H groups in total. The first kappa shape index (κ1) is 14.5. The summed E-state index contributed by atoms with van der Waals surface area (Å²) in [5.41, 5.74) is 1.37. The minimum Gasteiger partial charge on any atom is -0.166 e. The molecule has 0 aromatic heterocycles. The van der Waals surface area contributed by atoms with Crippen molar-refractivity contribution in [3.63, 3.8) is 0 Å². The molecule has 0 heterocycles. The summed E-state index contributed by atoms with van der Waals surface area (Å²) in [5, 5.41) is 0.345. The van der Waals surface area contributed by atoms with Crippen molar-refractivity contribution in [2.24, 2.45) is 0 Å². The number of halogens is 1. The highest BCUT2D eigenvalue weighted by molar-refractivity contribution is 7.23. The zero-order valence-corrected chi connectivity index (χ0v) is 12.7. The van der Waals surface area contributed by atoms with E-state index in [-0.39, 0.29) is 0 Å². The maximum absolute atomic E-state index is 7.06. The van der Waals surface area contributed by atoms with Gasteiger partial charge in [-0.25, -0.2) is 0 Å². The second kappa shape index (κ2) is 5.02. The summed E-state index contributed by atoms with van der Waals surface area (Å²) in [6, 6.07) is 0. The summed E-state index contributed by atoms with van der Waals surface area (Å²) in [6.07, 6.45) is 2.42. The van der Waals surface area contributed by atoms with Gasteiger partial charge in [-0.2, -0.15) is 11.1 Å². The van der Waals surface area contributed by atoms with Gasteiger partial charge in [-0.05, 0) is 16.1 Å². The van der Waals surface area contributed by atoms with Crippen molar-refractivity contribution in [3.05, 3.63) is 0 Å². The fraction of sp³-hybridized carbons (Fsp3) is 1.00. The van der Waals surface area contributed by atoms with Crippen LogP contribution in [0.4, 0.5) is 0 Å². The van der Waals surface area contributed by atoms with E-state index in [4.69, 9.17) is 11.1 Å². The molecule has 0 aliphatic rings. The zero-order chi connectivity index (χ0) is 11.6. The molecular formula is C12H27ClSi. The molecule has 0 saturated carbocycles. The van der Waals surface area contributed by atoms with Gasteiger partial charge in [0.25, 0.3) is 0 Å². The lowest BCUT2D eigenvalue weighted by Crippen LogP contribution is -2.46. The molecule has 0 fully saturated rings. The highest BCUT2D eigenvalue weighted by Gasteiger charge is 2.50. The summed E-state index contributed by atoms with van der Waals surface area (Å²) in [7, 11) is -1.69. The molecule has 0 nitrogen and oxygen atoms in total. The van der Waals surface area contributed by atoms with Crippen LogP contribution in [0.1, 0.15) is 61.3 Å². The number of hydrogen-bond acceptors (Lipinski definition) is 0. The van der Waals surface area contributed by atoms with Crippen LogP contribution in [0.25, 0.3) is 0 Å². The molecule has 2 unspecified atom stereocenters. The Morgan fingerprint density at radius 2 is 1.57 bits per heavy atom. The van der Waals surface area contributed by atoms with Crippen molar-refractivity contribution in [1.82, 2.24) is 0 Å². The van der Waals surface area contributed by atoms with Crippen molar-refractivity contribution in [3.8, 4) is 0 Å². The van der Waals surface area contributed by atoms with Crippen LogP contribution in [0.15, 0.2) is 0 Å². The van der Waals surface area contributed by atoms with E-state index in [1.165, 1.54) is 12.8 Å². The van der Waals surface area contributed by atoms with Gasteiger partial charge in [0.2, 0.25) is 0 Å². The van der Waals surface area contributed by atoms with Crippen LogP contribution < -0.4 is 0 Å². The molecule has 0 aliphatic carbocycles. The maximum Gasteiger partial charge on any atom is 0.167 e. The minimum absolute atomic E-state index is 0.345. The third-order valence-corrected chi connectivity index (χ3v) is 14.0. The summed E-state index contributed by atoms with van der Waals surface area (Å²) in [5.74, 6) is 0. The Morgan fingerprint density at radius 1 is 1.14 bits per heavy atom. The van der Waals surface area contributed by atoms with Gasteiger partial charge in [0.05, 0.1) is 0 Å². The molecule has 0 amide bonds. The Kier molecular flexibility index (Phi) is 5.21. The predicted molar refractivity (Wildman–Crippen MR) is 70.8 cm³/mol. The Balaban J connectivity index is 5.09. The van der Waals surface area contributed by atoms with E-state index >= 15 is 0 Å². The molecule has 0 spiro atoms. The topological polar surface area (TPSA) is 0 Å². The first-order valence-corrected chi connectivity index (χ1v) is 9.09. The second-order valence-corrected chi connectivity index (χ2v) is 12.4. The Bertz CT molecular complexity index is 177. The summed E-state index contributed by atoms with van der Waals surface area (Å²) in [6.45, 7) is 16.2. The highest BCUT2D eigenvalue weighted by atomic mass is 35.6. The van der Waals surface area contributed by atoms with Crippen LogP contribution in [0, 0.1) is 0 Å². The smallest absolute Gasteiger partial charge is 0.166 e. The van der Waals surface area contributed by atoms with E-state index in [1.807, 2.05) is 0 Å². The monoisotopic (exact) mass is 234 g/mol. The lowest BCUT2D eigenvalue weighted by atomic mass is 10.1. The maximum atomic E-state index is 7.06. The number of hydrogen-bond donors (Lipinski definition) is 0. The van der Waals surface area contributed by atoms with Crippen molar-refractivity contribution in [2.75, 3.05) is 0 Å². The van der Waals surface area contributed by atoms with Crippen molar-refractivity contribution in [2.45, 2.75) is 77.4 Å². The molecule has 2 atom stereocenters. The van der Waals surface area contributed by atoms with E-state index in [0.717, 1.165) is 0 Å². The van der Waals surface area contributed by atoms with Gasteiger partial charge >= 0.3 is 0 Å². The first-order valence-electron chi connectivity index (χ1n) is 5.92. The Hall–Kier alpha value is 0.507. The molecule has 2 heteroatoms. The molecule has 14 heavy (non-hydrogen) atoms. The fourth-order valence-electron chi connectivity index (χ4n) is 2.59. The molecule has 0 rings (SSSR count). The molecule has 0 aromatic carbocycles. The largest absolute Gasteiger partial charge is 0.167 e. The van der Waals surface area contributed by atoms with E-state index in [9.17, 15) is 0 Å². The van der Waals surface area contributed by atoms with Crippen LogP contribution in [0.5, 0.6) is 0 Å². The lowest BCUT2D eigenvalue weighted by Gasteiger charge is -2.46. The quantitative estimate of drug-likeness (QED) is 0.431. The number of rotatable bonds is 5.